The number of anilines is 1. The molecule has 0 spiro atoms. The Morgan fingerprint density at radius 2 is 1.68 bits per heavy atom. The molecule has 2 aromatic carbocycles. The summed E-state index contributed by atoms with van der Waals surface area (Å²) in [6.07, 6.45) is 1.73. The van der Waals surface area contributed by atoms with Gasteiger partial charge in [0, 0.05) is 35.9 Å². The van der Waals surface area contributed by atoms with Crippen LogP contribution in [0, 0.1) is 13.8 Å². The highest BCUT2D eigenvalue weighted by Gasteiger charge is 2.33. The second kappa shape index (κ2) is 9.07. The summed E-state index contributed by atoms with van der Waals surface area (Å²) in [7, 11) is 0. The van der Waals surface area contributed by atoms with Gasteiger partial charge in [0.05, 0.1) is 28.0 Å². The third kappa shape index (κ3) is 4.52. The first-order chi connectivity index (χ1) is 14.8. The summed E-state index contributed by atoms with van der Waals surface area (Å²) in [5, 5.41) is 1.85. The van der Waals surface area contributed by atoms with E-state index in [1.54, 1.807) is 12.3 Å². The molecule has 3 aromatic rings. The molecular weight excluding hydrogens is 453 g/mol. The average molecular weight is 475 g/mol. The Kier molecular flexibility index (Phi) is 6.42. The van der Waals surface area contributed by atoms with Crippen LogP contribution in [0.3, 0.4) is 0 Å². The van der Waals surface area contributed by atoms with Crippen molar-refractivity contribution in [1.29, 1.82) is 0 Å². The Balaban J connectivity index is 1.70. The summed E-state index contributed by atoms with van der Waals surface area (Å²) >= 11 is 18.8. The van der Waals surface area contributed by atoms with Gasteiger partial charge in [-0.3, -0.25) is 9.78 Å². The van der Waals surface area contributed by atoms with Crippen LogP contribution in [0.2, 0.25) is 15.1 Å². The van der Waals surface area contributed by atoms with E-state index in [4.69, 9.17) is 34.8 Å². The maximum absolute atomic E-state index is 13.4. The topological polar surface area (TPSA) is 36.4 Å². The van der Waals surface area contributed by atoms with Gasteiger partial charge in [-0.25, -0.2) is 0 Å². The Morgan fingerprint density at radius 3 is 2.35 bits per heavy atom. The highest BCUT2D eigenvalue weighted by Crippen LogP contribution is 2.37. The lowest BCUT2D eigenvalue weighted by Gasteiger charge is -2.43. The zero-order valence-corrected chi connectivity index (χ0v) is 19.5. The quantitative estimate of drug-likeness (QED) is 0.443. The second-order valence-electron chi connectivity index (χ2n) is 7.70. The number of rotatable bonds is 3. The predicted octanol–water partition coefficient (Wildman–Crippen LogP) is 6.36. The minimum Gasteiger partial charge on any atom is -0.360 e. The number of nitrogens with zero attached hydrogens (tertiary/aromatic N) is 3. The van der Waals surface area contributed by atoms with Gasteiger partial charge in [-0.05, 0) is 61.4 Å². The van der Waals surface area contributed by atoms with Crippen molar-refractivity contribution >= 4 is 46.4 Å². The molecule has 0 bridgehead atoms. The van der Waals surface area contributed by atoms with E-state index in [1.807, 2.05) is 61.2 Å². The summed E-state index contributed by atoms with van der Waals surface area (Å²) in [6.45, 7) is 5.56. The molecule has 1 saturated heterocycles. The largest absolute Gasteiger partial charge is 0.360 e. The zero-order chi connectivity index (χ0) is 22.1. The van der Waals surface area contributed by atoms with E-state index in [0.717, 1.165) is 22.5 Å². The zero-order valence-electron chi connectivity index (χ0n) is 17.3. The number of benzene rings is 2. The van der Waals surface area contributed by atoms with Crippen LogP contribution >= 0.6 is 34.8 Å². The first kappa shape index (κ1) is 21.9. The maximum Gasteiger partial charge on any atom is 0.256 e. The number of aromatic nitrogens is 1. The van der Waals surface area contributed by atoms with Gasteiger partial charge in [-0.15, -0.1) is 0 Å². The van der Waals surface area contributed by atoms with Crippen molar-refractivity contribution in [2.24, 2.45) is 0 Å². The summed E-state index contributed by atoms with van der Waals surface area (Å²) in [5.41, 5.74) is 4.31. The van der Waals surface area contributed by atoms with E-state index in [0.29, 0.717) is 40.3 Å². The van der Waals surface area contributed by atoms with Crippen LogP contribution in [-0.4, -0.2) is 35.4 Å². The van der Waals surface area contributed by atoms with Crippen LogP contribution in [0.1, 0.15) is 33.2 Å². The second-order valence-corrected chi connectivity index (χ2v) is 8.98. The molecule has 1 aliphatic heterocycles. The van der Waals surface area contributed by atoms with Crippen LogP contribution in [0.15, 0.2) is 54.7 Å². The number of piperazine rings is 1. The predicted molar refractivity (Wildman–Crippen MR) is 128 cm³/mol. The molecule has 7 heteroatoms. The lowest BCUT2D eigenvalue weighted by Crippen LogP contribution is -2.51. The van der Waals surface area contributed by atoms with Gasteiger partial charge < -0.3 is 9.80 Å². The first-order valence-corrected chi connectivity index (χ1v) is 11.2. The number of carbonyl (C=O) groups excluding carboxylic acids is 1. The van der Waals surface area contributed by atoms with Crippen LogP contribution < -0.4 is 4.90 Å². The maximum atomic E-state index is 13.4. The number of aryl methyl sites for hydroxylation is 2. The van der Waals surface area contributed by atoms with Gasteiger partial charge in [-0.1, -0.05) is 46.9 Å². The van der Waals surface area contributed by atoms with Gasteiger partial charge in [0.25, 0.3) is 5.91 Å². The Morgan fingerprint density at radius 1 is 0.968 bits per heavy atom. The molecule has 1 unspecified atom stereocenters. The van der Waals surface area contributed by atoms with Crippen LogP contribution in [-0.2, 0) is 0 Å². The molecule has 1 aromatic heterocycles. The van der Waals surface area contributed by atoms with E-state index in [2.05, 4.69) is 9.88 Å². The van der Waals surface area contributed by atoms with E-state index in [9.17, 15) is 4.79 Å². The fourth-order valence-corrected chi connectivity index (χ4v) is 4.76. The lowest BCUT2D eigenvalue weighted by molar-refractivity contribution is 0.0720. The number of hydrogen-bond acceptors (Lipinski definition) is 3. The molecule has 0 N–H and O–H groups in total. The molecule has 1 aliphatic rings. The Labute approximate surface area is 197 Å². The third-order valence-corrected chi connectivity index (χ3v) is 6.49. The molecule has 160 valence electrons. The average Bonchev–Trinajstić information content (AvgIpc) is 2.74. The molecule has 0 saturated carbocycles. The van der Waals surface area contributed by atoms with Crippen LogP contribution in [0.4, 0.5) is 5.69 Å². The van der Waals surface area contributed by atoms with Crippen LogP contribution in [0.5, 0.6) is 0 Å². The highest BCUT2D eigenvalue weighted by atomic mass is 35.5. The SMILES string of the molecule is Cc1ccnc(C)c1C(=O)N1CCN(c2ccc(Cl)cc2Cl)C(c2ccc(Cl)cc2)C1. The molecule has 2 heterocycles. The monoisotopic (exact) mass is 473 g/mol. The number of pyridine rings is 1. The minimum absolute atomic E-state index is 0.00363. The van der Waals surface area contributed by atoms with Crippen molar-refractivity contribution in [1.82, 2.24) is 9.88 Å². The Hall–Kier alpha value is -2.27. The minimum atomic E-state index is -0.0778. The molecule has 1 fully saturated rings. The van der Waals surface area contributed by atoms with E-state index >= 15 is 0 Å². The molecule has 1 amide bonds. The number of hydrogen-bond donors (Lipinski definition) is 0. The summed E-state index contributed by atoms with van der Waals surface area (Å²) in [4.78, 5) is 21.9. The number of carbonyl (C=O) groups is 1. The van der Waals surface area contributed by atoms with E-state index < -0.39 is 0 Å². The van der Waals surface area contributed by atoms with Crippen LogP contribution in [0.25, 0.3) is 0 Å². The number of halogens is 3. The summed E-state index contributed by atoms with van der Waals surface area (Å²) < 4.78 is 0. The van der Waals surface area contributed by atoms with Crippen molar-refractivity contribution in [3.8, 4) is 0 Å². The van der Waals surface area contributed by atoms with Gasteiger partial charge >= 0.3 is 0 Å². The van der Waals surface area contributed by atoms with Crippen molar-refractivity contribution < 1.29 is 4.79 Å². The molecule has 4 rings (SSSR count). The van der Waals surface area contributed by atoms with Crippen molar-refractivity contribution in [2.45, 2.75) is 19.9 Å². The van der Waals surface area contributed by atoms with Crippen molar-refractivity contribution in [2.75, 3.05) is 24.5 Å². The van der Waals surface area contributed by atoms with E-state index in [-0.39, 0.29) is 11.9 Å². The standard InChI is InChI=1S/C24H22Cl3N3O/c1-15-9-10-28-16(2)23(15)24(31)29-11-12-30(21-8-7-19(26)13-20(21)27)22(14-29)17-3-5-18(25)6-4-17/h3-10,13,22H,11-12,14H2,1-2H3. The molecule has 0 radical (unpaired) electrons. The number of amides is 1. The lowest BCUT2D eigenvalue weighted by atomic mass is 9.99. The van der Waals surface area contributed by atoms with Gasteiger partial charge in [-0.2, -0.15) is 0 Å². The molecule has 0 aliphatic carbocycles. The molecule has 1 atom stereocenters. The van der Waals surface area contributed by atoms with Gasteiger partial charge in [0.15, 0.2) is 0 Å². The van der Waals surface area contributed by atoms with Crippen molar-refractivity contribution in [3.63, 3.8) is 0 Å². The fourth-order valence-electron chi connectivity index (χ4n) is 4.12. The van der Waals surface area contributed by atoms with E-state index in [1.165, 1.54) is 0 Å². The Bertz CT molecular complexity index is 1100. The summed E-state index contributed by atoms with van der Waals surface area (Å²) in [6, 6.07) is 15.0. The van der Waals surface area contributed by atoms with Gasteiger partial charge in [0.2, 0.25) is 0 Å². The molecule has 31 heavy (non-hydrogen) atoms. The third-order valence-electron chi connectivity index (χ3n) is 5.70. The highest BCUT2D eigenvalue weighted by molar-refractivity contribution is 6.36. The fraction of sp³-hybridized carbons (Fsp3) is 0.250. The smallest absolute Gasteiger partial charge is 0.256 e. The van der Waals surface area contributed by atoms with Crippen molar-refractivity contribution in [3.05, 3.63) is 92.2 Å². The molecular formula is C24H22Cl3N3O. The van der Waals surface area contributed by atoms with Gasteiger partial charge in [0.1, 0.15) is 0 Å². The molecule has 4 nitrogen and oxygen atoms in total. The summed E-state index contributed by atoms with van der Waals surface area (Å²) in [5.74, 6) is 0.00363. The first-order valence-electron chi connectivity index (χ1n) is 10.0. The normalized spacial score (nSPS) is 16.5.